The third-order valence-electron chi connectivity index (χ3n) is 3.40. The number of hydrogen-bond donors (Lipinski definition) is 0. The van der Waals surface area contributed by atoms with Crippen molar-refractivity contribution in [1.82, 2.24) is 9.88 Å². The Labute approximate surface area is 139 Å². The molecule has 0 saturated carbocycles. The molecule has 23 heavy (non-hydrogen) atoms. The number of pyridine rings is 1. The Bertz CT molecular complexity index is 718. The number of ether oxygens (including phenoxy) is 1. The Balaban J connectivity index is 2.28. The molecule has 0 bridgehead atoms. The van der Waals surface area contributed by atoms with E-state index in [9.17, 15) is 9.59 Å². The van der Waals surface area contributed by atoms with Gasteiger partial charge in [0.25, 0.3) is 5.91 Å². The lowest BCUT2D eigenvalue weighted by Gasteiger charge is -2.22. The molecule has 1 amide bonds. The molecule has 120 valence electrons. The molecule has 1 heterocycles. The molecule has 0 unspecified atom stereocenters. The maximum atomic E-state index is 12.7. The van der Waals surface area contributed by atoms with Gasteiger partial charge in [-0.25, -0.2) is 0 Å². The minimum absolute atomic E-state index is 0.155. The zero-order valence-electron chi connectivity index (χ0n) is 13.0. The van der Waals surface area contributed by atoms with E-state index in [1.54, 1.807) is 6.07 Å². The fourth-order valence-corrected chi connectivity index (χ4v) is 2.26. The highest BCUT2D eigenvalue weighted by Gasteiger charge is 2.21. The Morgan fingerprint density at radius 2 is 2.00 bits per heavy atom. The van der Waals surface area contributed by atoms with Gasteiger partial charge in [-0.15, -0.1) is 0 Å². The van der Waals surface area contributed by atoms with Crippen molar-refractivity contribution >= 4 is 23.5 Å². The summed E-state index contributed by atoms with van der Waals surface area (Å²) in [6, 6.07) is 10.7. The smallest absolute Gasteiger partial charge is 0.325 e. The number of halogens is 1. The minimum Gasteiger partial charge on any atom is -0.468 e. The second-order valence-corrected chi connectivity index (χ2v) is 5.46. The van der Waals surface area contributed by atoms with Crippen LogP contribution in [0.3, 0.4) is 0 Å². The Kier molecular flexibility index (Phi) is 5.71. The van der Waals surface area contributed by atoms with Gasteiger partial charge in [-0.05, 0) is 30.2 Å². The van der Waals surface area contributed by atoms with Crippen molar-refractivity contribution in [3.8, 4) is 0 Å². The average Bonchev–Trinajstić information content (AvgIpc) is 2.55. The first-order valence-electron chi connectivity index (χ1n) is 7.03. The zero-order valence-corrected chi connectivity index (χ0v) is 13.7. The molecule has 0 N–H and O–H groups in total. The lowest BCUT2D eigenvalue weighted by Crippen LogP contribution is -2.36. The van der Waals surface area contributed by atoms with Crippen LogP contribution in [0.1, 0.15) is 21.6 Å². The molecule has 0 saturated heterocycles. The van der Waals surface area contributed by atoms with E-state index in [-0.39, 0.29) is 24.7 Å². The highest BCUT2D eigenvalue weighted by atomic mass is 35.5. The van der Waals surface area contributed by atoms with Crippen molar-refractivity contribution in [2.24, 2.45) is 0 Å². The van der Waals surface area contributed by atoms with Crippen molar-refractivity contribution in [3.63, 3.8) is 0 Å². The number of methoxy groups -OCH3 is 1. The van der Waals surface area contributed by atoms with Gasteiger partial charge in [0, 0.05) is 17.8 Å². The van der Waals surface area contributed by atoms with E-state index in [1.165, 1.54) is 24.3 Å². The largest absolute Gasteiger partial charge is 0.468 e. The van der Waals surface area contributed by atoms with Crippen LogP contribution in [0.5, 0.6) is 0 Å². The summed E-state index contributed by atoms with van der Waals surface area (Å²) < 4.78 is 4.68. The fraction of sp³-hybridized carbons (Fsp3) is 0.235. The van der Waals surface area contributed by atoms with Gasteiger partial charge >= 0.3 is 5.97 Å². The van der Waals surface area contributed by atoms with E-state index in [0.29, 0.717) is 5.02 Å². The van der Waals surface area contributed by atoms with E-state index < -0.39 is 5.97 Å². The van der Waals surface area contributed by atoms with Crippen LogP contribution < -0.4 is 0 Å². The van der Waals surface area contributed by atoms with E-state index in [1.807, 2.05) is 31.2 Å². The van der Waals surface area contributed by atoms with Gasteiger partial charge in [-0.1, -0.05) is 35.9 Å². The quantitative estimate of drug-likeness (QED) is 0.790. The number of rotatable bonds is 5. The molecular weight excluding hydrogens is 316 g/mol. The van der Waals surface area contributed by atoms with Gasteiger partial charge in [-0.3, -0.25) is 14.6 Å². The van der Waals surface area contributed by atoms with Gasteiger partial charge in [0.15, 0.2) is 0 Å². The maximum Gasteiger partial charge on any atom is 0.325 e. The number of nitrogens with zero attached hydrogens (tertiary/aromatic N) is 2. The third kappa shape index (κ3) is 4.53. The fourth-order valence-electron chi connectivity index (χ4n) is 2.10. The monoisotopic (exact) mass is 332 g/mol. The third-order valence-corrected chi connectivity index (χ3v) is 3.63. The molecule has 2 rings (SSSR count). The number of aromatic nitrogens is 1. The van der Waals surface area contributed by atoms with Gasteiger partial charge in [0.05, 0.1) is 7.11 Å². The summed E-state index contributed by atoms with van der Waals surface area (Å²) in [6.07, 6.45) is 1.46. The number of amides is 1. The first kappa shape index (κ1) is 17.0. The average molecular weight is 333 g/mol. The van der Waals surface area contributed by atoms with E-state index in [2.05, 4.69) is 9.72 Å². The lowest BCUT2D eigenvalue weighted by molar-refractivity contribution is -0.141. The molecule has 0 aliphatic rings. The molecule has 1 aromatic carbocycles. The van der Waals surface area contributed by atoms with Crippen molar-refractivity contribution in [3.05, 3.63) is 64.4 Å². The van der Waals surface area contributed by atoms with E-state index >= 15 is 0 Å². The van der Waals surface area contributed by atoms with Crippen LogP contribution in [-0.2, 0) is 16.1 Å². The van der Waals surface area contributed by atoms with E-state index in [0.717, 1.165) is 11.1 Å². The standard InChI is InChI=1S/C17H17ClN2O3/c1-12-5-3-4-6-13(12)10-20(11-16(21)23-2)17(22)15-9-14(18)7-8-19-15/h3-9H,10-11H2,1-2H3. The summed E-state index contributed by atoms with van der Waals surface area (Å²) in [4.78, 5) is 29.7. The molecule has 0 spiro atoms. The SMILES string of the molecule is COC(=O)CN(Cc1ccccc1C)C(=O)c1cc(Cl)ccn1. The highest BCUT2D eigenvalue weighted by Crippen LogP contribution is 2.15. The van der Waals surface area contributed by atoms with Crippen molar-refractivity contribution in [1.29, 1.82) is 0 Å². The maximum absolute atomic E-state index is 12.7. The molecule has 0 fully saturated rings. The van der Waals surface area contributed by atoms with Gasteiger partial charge in [-0.2, -0.15) is 0 Å². The molecule has 0 atom stereocenters. The summed E-state index contributed by atoms with van der Waals surface area (Å²) in [5, 5.41) is 0.414. The molecule has 0 radical (unpaired) electrons. The predicted octanol–water partition coefficient (Wildman–Crippen LogP) is 2.86. The molecular formula is C17H17ClN2O3. The van der Waals surface area contributed by atoms with Crippen molar-refractivity contribution in [2.45, 2.75) is 13.5 Å². The van der Waals surface area contributed by atoms with Gasteiger partial charge in [0.2, 0.25) is 0 Å². The molecule has 0 aliphatic carbocycles. The topological polar surface area (TPSA) is 59.5 Å². The minimum atomic E-state index is -0.492. The van der Waals surface area contributed by atoms with Crippen LogP contribution in [0, 0.1) is 6.92 Å². The number of hydrogen-bond acceptors (Lipinski definition) is 4. The van der Waals surface area contributed by atoms with Crippen LogP contribution in [-0.4, -0.2) is 35.4 Å². The van der Waals surface area contributed by atoms with Crippen LogP contribution in [0.25, 0.3) is 0 Å². The second-order valence-electron chi connectivity index (χ2n) is 5.02. The summed E-state index contributed by atoms with van der Waals surface area (Å²) in [5.41, 5.74) is 2.18. The summed E-state index contributed by atoms with van der Waals surface area (Å²) in [7, 11) is 1.29. The first-order valence-corrected chi connectivity index (χ1v) is 7.41. The van der Waals surface area contributed by atoms with Crippen molar-refractivity contribution < 1.29 is 14.3 Å². The second kappa shape index (κ2) is 7.74. The normalized spacial score (nSPS) is 10.2. The first-order chi connectivity index (χ1) is 11.0. The summed E-state index contributed by atoms with van der Waals surface area (Å²) >= 11 is 5.91. The number of carbonyl (C=O) groups excluding carboxylic acids is 2. The summed E-state index contributed by atoms with van der Waals surface area (Å²) in [5.74, 6) is -0.866. The number of benzene rings is 1. The molecule has 1 aromatic heterocycles. The van der Waals surface area contributed by atoms with Crippen LogP contribution in [0.4, 0.5) is 0 Å². The van der Waals surface area contributed by atoms with Gasteiger partial charge < -0.3 is 9.64 Å². The number of carbonyl (C=O) groups is 2. The highest BCUT2D eigenvalue weighted by molar-refractivity contribution is 6.30. The zero-order chi connectivity index (χ0) is 16.8. The van der Waals surface area contributed by atoms with Crippen LogP contribution in [0.2, 0.25) is 5.02 Å². The molecule has 2 aromatic rings. The van der Waals surface area contributed by atoms with E-state index in [4.69, 9.17) is 11.6 Å². The Hall–Kier alpha value is -2.40. The lowest BCUT2D eigenvalue weighted by atomic mass is 10.1. The molecule has 6 heteroatoms. The van der Waals surface area contributed by atoms with Crippen LogP contribution in [0.15, 0.2) is 42.6 Å². The Morgan fingerprint density at radius 3 is 2.65 bits per heavy atom. The number of esters is 1. The predicted molar refractivity (Wildman–Crippen MR) is 87.2 cm³/mol. The van der Waals surface area contributed by atoms with Gasteiger partial charge in [0.1, 0.15) is 12.2 Å². The molecule has 5 nitrogen and oxygen atoms in total. The number of aryl methyl sites for hydroxylation is 1. The molecule has 0 aliphatic heterocycles. The van der Waals surface area contributed by atoms with Crippen molar-refractivity contribution in [2.75, 3.05) is 13.7 Å². The Morgan fingerprint density at radius 1 is 1.26 bits per heavy atom. The van der Waals surface area contributed by atoms with Crippen LogP contribution >= 0.6 is 11.6 Å². The summed E-state index contributed by atoms with van der Waals surface area (Å²) in [6.45, 7) is 2.08.